The Kier molecular flexibility index (Phi) is 7.36. The third-order valence-electron chi connectivity index (χ3n) is 5.86. The van der Waals surface area contributed by atoms with Gasteiger partial charge in [-0.3, -0.25) is 14.7 Å². The summed E-state index contributed by atoms with van der Waals surface area (Å²) in [5.41, 5.74) is 3.89. The predicted molar refractivity (Wildman–Crippen MR) is 134 cm³/mol. The molecule has 0 aliphatic carbocycles. The summed E-state index contributed by atoms with van der Waals surface area (Å²) >= 11 is 0. The maximum Gasteiger partial charge on any atom is 0.253 e. The van der Waals surface area contributed by atoms with E-state index in [1.54, 1.807) is 32.4 Å². The Morgan fingerprint density at radius 2 is 1.97 bits per heavy atom. The number of rotatable bonds is 8. The number of likely N-dealkylation sites (N-methyl/N-ethyl adjacent to an activating group) is 1. The summed E-state index contributed by atoms with van der Waals surface area (Å²) in [5.74, 6) is 0.664. The number of ether oxygens (including phenoxy) is 2. The van der Waals surface area contributed by atoms with Crippen LogP contribution in [0.15, 0.2) is 48.8 Å². The van der Waals surface area contributed by atoms with E-state index in [0.29, 0.717) is 35.8 Å². The summed E-state index contributed by atoms with van der Waals surface area (Å²) < 4.78 is 11.9. The van der Waals surface area contributed by atoms with Crippen molar-refractivity contribution in [2.24, 2.45) is 5.92 Å². The van der Waals surface area contributed by atoms with Gasteiger partial charge < -0.3 is 24.6 Å². The van der Waals surface area contributed by atoms with Gasteiger partial charge in [-0.1, -0.05) is 6.07 Å². The number of nitrogens with one attached hydrogen (secondary N) is 2. The largest absolute Gasteiger partial charge is 0.492 e. The van der Waals surface area contributed by atoms with Gasteiger partial charge in [0.1, 0.15) is 24.7 Å². The molecule has 2 N–H and O–H groups in total. The lowest BCUT2D eigenvalue weighted by atomic mass is 9.94. The van der Waals surface area contributed by atoms with E-state index < -0.39 is 5.92 Å². The lowest BCUT2D eigenvalue weighted by Gasteiger charge is -2.26. The number of nitrogens with zero attached hydrogens (tertiary/aromatic N) is 3. The van der Waals surface area contributed by atoms with Gasteiger partial charge in [0.25, 0.3) is 5.91 Å². The second-order valence-corrected chi connectivity index (χ2v) is 9.07. The summed E-state index contributed by atoms with van der Waals surface area (Å²) in [6, 6.07) is 11.0. The van der Waals surface area contributed by atoms with Crippen LogP contribution in [-0.2, 0) is 11.2 Å². The molecular weight excluding hydrogens is 446 g/mol. The van der Waals surface area contributed by atoms with Crippen molar-refractivity contribution in [3.63, 3.8) is 0 Å². The number of aromatic nitrogens is 2. The zero-order valence-corrected chi connectivity index (χ0v) is 20.5. The number of amides is 2. The van der Waals surface area contributed by atoms with E-state index in [9.17, 15) is 9.59 Å². The molecule has 1 atom stereocenters. The van der Waals surface area contributed by atoms with E-state index in [1.165, 1.54) is 4.90 Å². The van der Waals surface area contributed by atoms with Crippen LogP contribution in [0, 0.1) is 5.92 Å². The van der Waals surface area contributed by atoms with Gasteiger partial charge in [0.05, 0.1) is 17.8 Å². The van der Waals surface area contributed by atoms with Crippen molar-refractivity contribution in [1.82, 2.24) is 20.0 Å². The molecule has 0 bridgehead atoms. The number of hydrogen-bond donors (Lipinski definition) is 2. The van der Waals surface area contributed by atoms with Crippen molar-refractivity contribution in [3.05, 3.63) is 59.9 Å². The van der Waals surface area contributed by atoms with Gasteiger partial charge in [-0.25, -0.2) is 0 Å². The molecule has 0 radical (unpaired) electrons. The highest BCUT2D eigenvalue weighted by molar-refractivity contribution is 5.96. The van der Waals surface area contributed by atoms with Gasteiger partial charge in [-0.15, -0.1) is 0 Å². The molecule has 35 heavy (non-hydrogen) atoms. The van der Waals surface area contributed by atoms with E-state index in [1.807, 2.05) is 49.5 Å². The maximum atomic E-state index is 13.2. The van der Waals surface area contributed by atoms with Crippen LogP contribution in [0.3, 0.4) is 0 Å². The first kappa shape index (κ1) is 24.3. The summed E-state index contributed by atoms with van der Waals surface area (Å²) in [6.45, 7) is 1.49. The number of aromatic amines is 1. The topological polar surface area (TPSA) is 99.8 Å². The van der Waals surface area contributed by atoms with Crippen LogP contribution in [0.2, 0.25) is 0 Å². The Bertz CT molecular complexity index is 1190. The van der Waals surface area contributed by atoms with Crippen LogP contribution in [-0.4, -0.2) is 79.8 Å². The molecule has 3 aromatic rings. The smallest absolute Gasteiger partial charge is 0.253 e. The van der Waals surface area contributed by atoms with Gasteiger partial charge in [0, 0.05) is 38.0 Å². The van der Waals surface area contributed by atoms with Crippen molar-refractivity contribution in [1.29, 1.82) is 0 Å². The zero-order valence-electron chi connectivity index (χ0n) is 20.5. The van der Waals surface area contributed by atoms with Gasteiger partial charge in [-0.2, -0.15) is 5.10 Å². The number of carbonyl (C=O) groups excluding carboxylic acids is 2. The zero-order chi connectivity index (χ0) is 24.9. The highest BCUT2D eigenvalue weighted by Gasteiger charge is 2.27. The third-order valence-corrected chi connectivity index (χ3v) is 5.86. The molecule has 4 rings (SSSR count). The molecule has 0 fully saturated rings. The highest BCUT2D eigenvalue weighted by Crippen LogP contribution is 2.33. The first-order valence-electron chi connectivity index (χ1n) is 11.5. The normalized spacial score (nSPS) is 14.7. The minimum atomic E-state index is -0.393. The molecule has 0 saturated carbocycles. The summed E-state index contributed by atoms with van der Waals surface area (Å²) in [7, 11) is 7.38. The van der Waals surface area contributed by atoms with Crippen molar-refractivity contribution in [3.8, 4) is 22.6 Å². The molecule has 1 aromatic heterocycles. The second-order valence-electron chi connectivity index (χ2n) is 9.07. The minimum Gasteiger partial charge on any atom is -0.492 e. The fraction of sp³-hybridized carbons (Fsp3) is 0.346. The monoisotopic (exact) mass is 477 g/mol. The average Bonchev–Trinajstić information content (AvgIpc) is 3.38. The van der Waals surface area contributed by atoms with Crippen molar-refractivity contribution in [2.75, 3.05) is 53.3 Å². The van der Waals surface area contributed by atoms with Gasteiger partial charge in [0.15, 0.2) is 0 Å². The fourth-order valence-corrected chi connectivity index (χ4v) is 3.86. The SMILES string of the molecule is CN(C)CCOc1cc(-c2cn[nH]c2)ccc1NC(=O)[C@@H]1COc2ccc(C(=O)N(C)C)cc2C1. The van der Waals surface area contributed by atoms with Gasteiger partial charge in [-0.05, 0) is 62.0 Å². The predicted octanol–water partition coefficient (Wildman–Crippen LogP) is 2.91. The lowest BCUT2D eigenvalue weighted by molar-refractivity contribution is -0.121. The molecule has 0 saturated heterocycles. The Labute approximate surface area is 205 Å². The molecule has 2 amide bonds. The van der Waals surface area contributed by atoms with E-state index in [0.717, 1.165) is 23.2 Å². The quantitative estimate of drug-likeness (QED) is 0.518. The van der Waals surface area contributed by atoms with E-state index >= 15 is 0 Å². The van der Waals surface area contributed by atoms with Gasteiger partial charge >= 0.3 is 0 Å². The third kappa shape index (κ3) is 5.81. The van der Waals surface area contributed by atoms with Crippen LogP contribution >= 0.6 is 0 Å². The summed E-state index contributed by atoms with van der Waals surface area (Å²) in [5, 5.41) is 9.85. The molecule has 1 aliphatic rings. The van der Waals surface area contributed by atoms with Gasteiger partial charge in [0.2, 0.25) is 5.91 Å². The number of H-pyrrole nitrogens is 1. The number of hydrogen-bond acceptors (Lipinski definition) is 6. The molecule has 184 valence electrons. The standard InChI is InChI=1S/C26H31N5O4/c1-30(2)9-10-34-24-13-17(21-14-27-28-15-21)5-7-22(24)29-25(32)20-12-19-11-18(26(33)31(3)4)6-8-23(19)35-16-20/h5-8,11,13-15,20H,9-10,12,16H2,1-4H3,(H,27,28)(H,29,32)/t20-/m0/s1. The lowest BCUT2D eigenvalue weighted by Crippen LogP contribution is -2.33. The fourth-order valence-electron chi connectivity index (χ4n) is 3.86. The van der Waals surface area contributed by atoms with Crippen molar-refractivity contribution in [2.45, 2.75) is 6.42 Å². The molecule has 2 heterocycles. The maximum absolute atomic E-state index is 13.2. The first-order chi connectivity index (χ1) is 16.8. The summed E-state index contributed by atoms with van der Waals surface area (Å²) in [6.07, 6.45) is 4.03. The van der Waals surface area contributed by atoms with E-state index in [4.69, 9.17) is 9.47 Å². The molecular formula is C26H31N5O4. The Morgan fingerprint density at radius 1 is 1.14 bits per heavy atom. The van der Waals surface area contributed by atoms with Crippen molar-refractivity contribution >= 4 is 17.5 Å². The number of fused-ring (bicyclic) bond motifs is 1. The molecule has 0 spiro atoms. The average molecular weight is 478 g/mol. The highest BCUT2D eigenvalue weighted by atomic mass is 16.5. The molecule has 2 aromatic carbocycles. The van der Waals surface area contributed by atoms with Crippen LogP contribution in [0.1, 0.15) is 15.9 Å². The number of benzene rings is 2. The first-order valence-corrected chi connectivity index (χ1v) is 11.5. The Morgan fingerprint density at radius 3 is 2.69 bits per heavy atom. The number of anilines is 1. The molecule has 9 heteroatoms. The molecule has 0 unspecified atom stereocenters. The van der Waals surface area contributed by atoms with Crippen LogP contribution in [0.5, 0.6) is 11.5 Å². The second kappa shape index (κ2) is 10.6. The van der Waals surface area contributed by atoms with E-state index in [2.05, 4.69) is 15.5 Å². The van der Waals surface area contributed by atoms with Crippen molar-refractivity contribution < 1.29 is 19.1 Å². The molecule has 9 nitrogen and oxygen atoms in total. The summed E-state index contributed by atoms with van der Waals surface area (Å²) in [4.78, 5) is 29.1. The molecule has 1 aliphatic heterocycles. The number of carbonyl (C=O) groups is 2. The minimum absolute atomic E-state index is 0.0865. The Balaban J connectivity index is 1.51. The van der Waals surface area contributed by atoms with E-state index in [-0.39, 0.29) is 18.4 Å². The Hall–Kier alpha value is -3.85. The van der Waals surface area contributed by atoms with Crippen LogP contribution in [0.25, 0.3) is 11.1 Å². The van der Waals surface area contributed by atoms with Crippen LogP contribution < -0.4 is 14.8 Å². The van der Waals surface area contributed by atoms with Crippen LogP contribution in [0.4, 0.5) is 5.69 Å².